The molecule has 0 aliphatic rings. The highest BCUT2D eigenvalue weighted by molar-refractivity contribution is 9.10. The van der Waals surface area contributed by atoms with Gasteiger partial charge in [-0.1, -0.05) is 0 Å². The van der Waals surface area contributed by atoms with Crippen molar-refractivity contribution in [2.75, 3.05) is 6.54 Å². The fraction of sp³-hybridized carbons (Fsp3) is 0.500. The third-order valence-corrected chi connectivity index (χ3v) is 2.77. The van der Waals surface area contributed by atoms with Crippen LogP contribution in [0.1, 0.15) is 32.4 Å². The van der Waals surface area contributed by atoms with E-state index in [1.165, 1.54) is 0 Å². The van der Waals surface area contributed by atoms with E-state index in [1.54, 1.807) is 18.5 Å². The van der Waals surface area contributed by atoms with Gasteiger partial charge in [0.05, 0.1) is 6.04 Å². The van der Waals surface area contributed by atoms with Crippen molar-refractivity contribution in [1.82, 2.24) is 10.3 Å². The van der Waals surface area contributed by atoms with Crippen LogP contribution in [0.5, 0.6) is 0 Å². The number of ether oxygens (including phenoxy) is 1. The van der Waals surface area contributed by atoms with E-state index >= 15 is 0 Å². The number of hydrogen-bond donors (Lipinski definition) is 2. The molecule has 5 nitrogen and oxygen atoms in total. The van der Waals surface area contributed by atoms with Gasteiger partial charge in [0.25, 0.3) is 0 Å². The zero-order valence-corrected chi connectivity index (χ0v) is 12.3. The fourth-order valence-electron chi connectivity index (χ4n) is 1.38. The Morgan fingerprint density at radius 1 is 1.61 bits per heavy atom. The number of nitrogens with zero attached hydrogens (tertiary/aromatic N) is 1. The topological polar surface area (TPSA) is 77.2 Å². The molecule has 6 heteroatoms. The molecule has 3 N–H and O–H groups in total. The van der Waals surface area contributed by atoms with E-state index in [-0.39, 0.29) is 12.6 Å². The van der Waals surface area contributed by atoms with E-state index in [1.807, 2.05) is 20.8 Å². The Bertz CT molecular complexity index is 418. The van der Waals surface area contributed by atoms with Crippen LogP contribution in [0.25, 0.3) is 0 Å². The maximum absolute atomic E-state index is 11.7. The van der Waals surface area contributed by atoms with Crippen molar-refractivity contribution < 1.29 is 9.53 Å². The summed E-state index contributed by atoms with van der Waals surface area (Å²) in [5.41, 5.74) is 6.02. The molecule has 1 heterocycles. The SMILES string of the molecule is CC(C)(C)OC(=O)NC(CN)c1ccncc1Br. The minimum Gasteiger partial charge on any atom is -0.444 e. The first-order chi connectivity index (χ1) is 8.33. The Morgan fingerprint density at radius 3 is 2.78 bits per heavy atom. The molecule has 1 aromatic heterocycles. The van der Waals surface area contributed by atoms with Gasteiger partial charge < -0.3 is 15.8 Å². The standard InChI is InChI=1S/C12H18BrN3O2/c1-12(2,3)18-11(17)16-10(6-14)8-4-5-15-7-9(8)13/h4-5,7,10H,6,14H2,1-3H3,(H,16,17). The lowest BCUT2D eigenvalue weighted by molar-refractivity contribution is 0.0505. The number of carbonyl (C=O) groups excluding carboxylic acids is 1. The second-order valence-corrected chi connectivity index (χ2v) is 5.69. The smallest absolute Gasteiger partial charge is 0.408 e. The minimum absolute atomic E-state index is 0.280. The third-order valence-electron chi connectivity index (χ3n) is 2.11. The van der Waals surface area contributed by atoms with E-state index in [2.05, 4.69) is 26.2 Å². The molecule has 1 atom stereocenters. The average molecular weight is 316 g/mol. The van der Waals surface area contributed by atoms with Crippen LogP contribution in [0.2, 0.25) is 0 Å². The van der Waals surface area contributed by atoms with Gasteiger partial charge in [-0.25, -0.2) is 4.79 Å². The van der Waals surface area contributed by atoms with Crippen LogP contribution >= 0.6 is 15.9 Å². The molecule has 0 bridgehead atoms. The summed E-state index contributed by atoms with van der Waals surface area (Å²) in [6.07, 6.45) is 2.83. The summed E-state index contributed by atoms with van der Waals surface area (Å²) < 4.78 is 6.00. The highest BCUT2D eigenvalue weighted by Crippen LogP contribution is 2.21. The van der Waals surface area contributed by atoms with Crippen molar-refractivity contribution >= 4 is 22.0 Å². The Morgan fingerprint density at radius 2 is 2.28 bits per heavy atom. The summed E-state index contributed by atoms with van der Waals surface area (Å²) in [5, 5.41) is 2.74. The molecule has 100 valence electrons. The molecule has 0 saturated heterocycles. The zero-order valence-electron chi connectivity index (χ0n) is 10.7. The largest absolute Gasteiger partial charge is 0.444 e. The van der Waals surface area contributed by atoms with Crippen LogP contribution in [-0.4, -0.2) is 23.2 Å². The highest BCUT2D eigenvalue weighted by atomic mass is 79.9. The minimum atomic E-state index is -0.529. The number of nitrogens with one attached hydrogen (secondary N) is 1. The molecule has 0 spiro atoms. The van der Waals surface area contributed by atoms with Crippen LogP contribution in [0.15, 0.2) is 22.9 Å². The number of halogens is 1. The summed E-state index contributed by atoms with van der Waals surface area (Å²) in [4.78, 5) is 15.7. The molecule has 1 amide bonds. The van der Waals surface area contributed by atoms with Crippen molar-refractivity contribution in [3.8, 4) is 0 Å². The van der Waals surface area contributed by atoms with Crippen molar-refractivity contribution in [1.29, 1.82) is 0 Å². The summed E-state index contributed by atoms with van der Waals surface area (Å²) in [6, 6.07) is 1.50. The van der Waals surface area contributed by atoms with Crippen molar-refractivity contribution in [2.24, 2.45) is 5.73 Å². The maximum atomic E-state index is 11.7. The first kappa shape index (κ1) is 14.9. The lowest BCUT2D eigenvalue weighted by Gasteiger charge is -2.23. The van der Waals surface area contributed by atoms with Gasteiger partial charge in [-0.15, -0.1) is 0 Å². The first-order valence-electron chi connectivity index (χ1n) is 5.62. The van der Waals surface area contributed by atoms with Crippen LogP contribution in [-0.2, 0) is 4.74 Å². The number of alkyl carbamates (subject to hydrolysis) is 1. The van der Waals surface area contributed by atoms with Gasteiger partial charge in [0.15, 0.2) is 0 Å². The molecule has 1 unspecified atom stereocenters. The number of aromatic nitrogens is 1. The van der Waals surface area contributed by atoms with Gasteiger partial charge in [0, 0.05) is 23.4 Å². The van der Waals surface area contributed by atoms with Gasteiger partial charge in [-0.3, -0.25) is 4.98 Å². The molecule has 0 aliphatic carbocycles. The van der Waals surface area contributed by atoms with Crippen molar-refractivity contribution in [3.63, 3.8) is 0 Å². The van der Waals surface area contributed by atoms with Gasteiger partial charge in [0.2, 0.25) is 0 Å². The van der Waals surface area contributed by atoms with Crippen LogP contribution in [0.3, 0.4) is 0 Å². The number of pyridine rings is 1. The molecule has 0 fully saturated rings. The predicted octanol–water partition coefficient (Wildman–Crippen LogP) is 2.37. The van der Waals surface area contributed by atoms with Gasteiger partial charge in [-0.05, 0) is 48.3 Å². The molecule has 0 aromatic carbocycles. The Labute approximate surface area is 115 Å². The van der Waals surface area contributed by atoms with E-state index in [0.717, 1.165) is 10.0 Å². The normalized spacial score (nSPS) is 12.9. The maximum Gasteiger partial charge on any atom is 0.408 e. The number of nitrogens with two attached hydrogens (primary N) is 1. The summed E-state index contributed by atoms with van der Waals surface area (Å²) in [6.45, 7) is 5.72. The summed E-state index contributed by atoms with van der Waals surface area (Å²) in [5.74, 6) is 0. The van der Waals surface area contributed by atoms with Crippen LogP contribution < -0.4 is 11.1 Å². The summed E-state index contributed by atoms with van der Waals surface area (Å²) in [7, 11) is 0. The molecule has 18 heavy (non-hydrogen) atoms. The Kier molecular flexibility index (Phi) is 5.10. The molecular formula is C12H18BrN3O2. The van der Waals surface area contributed by atoms with E-state index < -0.39 is 11.7 Å². The van der Waals surface area contributed by atoms with E-state index in [9.17, 15) is 4.79 Å². The number of hydrogen-bond acceptors (Lipinski definition) is 4. The van der Waals surface area contributed by atoms with Gasteiger partial charge in [0.1, 0.15) is 5.60 Å². The Balaban J connectivity index is 2.74. The Hall–Kier alpha value is -1.14. The highest BCUT2D eigenvalue weighted by Gasteiger charge is 2.20. The number of carbonyl (C=O) groups is 1. The van der Waals surface area contributed by atoms with Crippen LogP contribution in [0.4, 0.5) is 4.79 Å². The molecule has 1 aromatic rings. The molecule has 1 rings (SSSR count). The monoisotopic (exact) mass is 315 g/mol. The number of rotatable bonds is 3. The molecule has 0 saturated carbocycles. The number of amides is 1. The van der Waals surface area contributed by atoms with Crippen molar-refractivity contribution in [3.05, 3.63) is 28.5 Å². The zero-order chi connectivity index (χ0) is 13.8. The van der Waals surface area contributed by atoms with Gasteiger partial charge >= 0.3 is 6.09 Å². The first-order valence-corrected chi connectivity index (χ1v) is 6.42. The average Bonchev–Trinajstić information content (AvgIpc) is 2.24. The van der Waals surface area contributed by atoms with Crippen molar-refractivity contribution in [2.45, 2.75) is 32.4 Å². The second kappa shape index (κ2) is 6.15. The summed E-state index contributed by atoms with van der Waals surface area (Å²) >= 11 is 3.38. The predicted molar refractivity (Wildman–Crippen MR) is 73.1 cm³/mol. The van der Waals surface area contributed by atoms with Gasteiger partial charge in [-0.2, -0.15) is 0 Å². The lowest BCUT2D eigenvalue weighted by atomic mass is 10.1. The second-order valence-electron chi connectivity index (χ2n) is 4.83. The molecule has 0 aliphatic heterocycles. The molecule has 0 radical (unpaired) electrons. The quantitative estimate of drug-likeness (QED) is 0.897. The molecular weight excluding hydrogens is 298 g/mol. The van der Waals surface area contributed by atoms with E-state index in [4.69, 9.17) is 10.5 Å². The fourth-order valence-corrected chi connectivity index (χ4v) is 1.91. The van der Waals surface area contributed by atoms with E-state index in [0.29, 0.717) is 0 Å². The lowest BCUT2D eigenvalue weighted by Crippen LogP contribution is -2.37. The van der Waals surface area contributed by atoms with Crippen LogP contribution in [0, 0.1) is 0 Å². The third kappa shape index (κ3) is 4.62.